The first-order valence-electron chi connectivity index (χ1n) is 11.9. The second kappa shape index (κ2) is 13.9. The third kappa shape index (κ3) is 10.1. The van der Waals surface area contributed by atoms with Crippen molar-refractivity contribution in [2.24, 2.45) is 0 Å². The van der Waals surface area contributed by atoms with Crippen molar-refractivity contribution >= 4 is 32.4 Å². The molecule has 0 aliphatic heterocycles. The zero-order valence-electron chi connectivity index (χ0n) is 21.1. The normalized spacial score (nSPS) is 12.3. The highest BCUT2D eigenvalue weighted by molar-refractivity contribution is 7.90. The molecule has 0 N–H and O–H groups in total. The van der Waals surface area contributed by atoms with E-state index in [0.29, 0.717) is 35.8 Å². The van der Waals surface area contributed by atoms with Crippen LogP contribution in [0.2, 0.25) is 0 Å². The largest absolute Gasteiger partial charge is 0.489 e. The molecule has 0 atom stereocenters. The Bertz CT molecular complexity index is 1330. The summed E-state index contributed by atoms with van der Waals surface area (Å²) in [6.07, 6.45) is 2.94. The van der Waals surface area contributed by atoms with Crippen LogP contribution in [0, 0.1) is 0 Å². The monoisotopic (exact) mass is 558 g/mol. The van der Waals surface area contributed by atoms with Gasteiger partial charge in [-0.25, -0.2) is 0 Å². The van der Waals surface area contributed by atoms with Gasteiger partial charge in [-0.2, -0.15) is 16.8 Å². The molecule has 0 fully saturated rings. The Hall–Kier alpha value is -3.44. The topological polar surface area (TPSA) is 105 Å². The number of ether oxygens (including phenoxy) is 2. The summed E-state index contributed by atoms with van der Waals surface area (Å²) < 4.78 is 67.5. The Labute approximate surface area is 224 Å². The number of rotatable bonds is 14. The minimum absolute atomic E-state index is 0.0866. The fourth-order valence-electron chi connectivity index (χ4n) is 3.22. The number of hydrogen-bond acceptors (Lipinski definition) is 8. The molecular weight excluding hydrogens is 528 g/mol. The van der Waals surface area contributed by atoms with Crippen molar-refractivity contribution in [1.29, 1.82) is 0 Å². The first kappa shape index (κ1) is 29.1. The lowest BCUT2D eigenvalue weighted by molar-refractivity contribution is 0.300. The van der Waals surface area contributed by atoms with E-state index < -0.39 is 20.2 Å². The van der Waals surface area contributed by atoms with Gasteiger partial charge in [0.2, 0.25) is 0 Å². The molecule has 0 unspecified atom stereocenters. The molecule has 8 nitrogen and oxygen atoms in total. The Morgan fingerprint density at radius 3 is 1.37 bits per heavy atom. The molecule has 0 saturated heterocycles. The van der Waals surface area contributed by atoms with Gasteiger partial charge in [-0.3, -0.25) is 8.37 Å². The van der Waals surface area contributed by atoms with Crippen molar-refractivity contribution in [1.82, 2.24) is 0 Å². The summed E-state index contributed by atoms with van der Waals surface area (Å²) in [7, 11) is -7.35. The van der Waals surface area contributed by atoms with Gasteiger partial charge in [0.15, 0.2) is 0 Å². The van der Waals surface area contributed by atoms with Gasteiger partial charge in [0, 0.05) is 0 Å². The van der Waals surface area contributed by atoms with Crippen molar-refractivity contribution in [3.8, 4) is 11.5 Å². The van der Waals surface area contributed by atoms with Crippen molar-refractivity contribution in [2.75, 3.05) is 13.2 Å². The van der Waals surface area contributed by atoms with Gasteiger partial charge in [-0.05, 0) is 78.6 Å². The van der Waals surface area contributed by atoms with Gasteiger partial charge in [-0.1, -0.05) is 42.5 Å². The molecule has 0 heterocycles. The van der Waals surface area contributed by atoms with E-state index in [0.717, 1.165) is 21.9 Å². The van der Waals surface area contributed by atoms with Crippen LogP contribution in [-0.4, -0.2) is 30.0 Å². The van der Waals surface area contributed by atoms with Crippen LogP contribution in [0.3, 0.4) is 0 Å². The van der Waals surface area contributed by atoms with Crippen LogP contribution in [-0.2, 0) is 41.8 Å². The molecule has 3 aromatic carbocycles. The lowest BCUT2D eigenvalue weighted by atomic mass is 10.1. The first-order valence-corrected chi connectivity index (χ1v) is 14.8. The van der Waals surface area contributed by atoms with Crippen molar-refractivity contribution in [3.63, 3.8) is 0 Å². The zero-order valence-corrected chi connectivity index (χ0v) is 22.8. The molecule has 0 aliphatic carbocycles. The van der Waals surface area contributed by atoms with Crippen molar-refractivity contribution in [2.45, 2.75) is 27.1 Å². The van der Waals surface area contributed by atoms with Gasteiger partial charge in [-0.15, -0.1) is 0 Å². The average molecular weight is 559 g/mol. The molecule has 0 spiro atoms. The summed E-state index contributed by atoms with van der Waals surface area (Å²) in [5, 5.41) is 2.06. The van der Waals surface area contributed by atoms with Gasteiger partial charge in [0.1, 0.15) is 24.7 Å². The van der Waals surface area contributed by atoms with Crippen LogP contribution in [0.5, 0.6) is 11.5 Å². The number of hydrogen-bond donors (Lipinski definition) is 0. The summed E-state index contributed by atoms with van der Waals surface area (Å²) in [5.41, 5.74) is 3.35. The van der Waals surface area contributed by atoms with Crippen LogP contribution < -0.4 is 9.47 Å². The van der Waals surface area contributed by atoms with Gasteiger partial charge in [0.25, 0.3) is 20.2 Å². The molecule has 202 valence electrons. The minimum Gasteiger partial charge on any atom is -0.489 e. The third-order valence-electron chi connectivity index (χ3n) is 4.98. The zero-order chi connectivity index (χ0) is 27.4. The SMILES string of the molecule is CCOS(=O)(=O)/C=C/c1ccc(OCc2cccc(COc3ccc(/C=C/S(=O)(=O)OCC)cc3)c2)cc1. The van der Waals surface area contributed by atoms with Crippen LogP contribution in [0.1, 0.15) is 36.1 Å². The molecule has 0 saturated carbocycles. The lowest BCUT2D eigenvalue weighted by Gasteiger charge is -2.10. The maximum Gasteiger partial charge on any atom is 0.290 e. The third-order valence-corrected chi connectivity index (χ3v) is 7.05. The quantitative estimate of drug-likeness (QED) is 0.238. The van der Waals surface area contributed by atoms with E-state index in [1.54, 1.807) is 62.4 Å². The lowest BCUT2D eigenvalue weighted by Crippen LogP contribution is -2.00. The Morgan fingerprint density at radius 2 is 1.00 bits per heavy atom. The van der Waals surface area contributed by atoms with E-state index in [4.69, 9.17) is 9.47 Å². The second-order valence-corrected chi connectivity index (χ2v) is 10.9. The highest BCUT2D eigenvalue weighted by atomic mass is 32.2. The summed E-state index contributed by atoms with van der Waals surface area (Å²) in [5.74, 6) is 1.30. The molecule has 0 bridgehead atoms. The molecule has 0 aromatic heterocycles. The van der Waals surface area contributed by atoms with Crippen LogP contribution in [0.25, 0.3) is 12.2 Å². The van der Waals surface area contributed by atoms with E-state index in [-0.39, 0.29) is 13.2 Å². The van der Waals surface area contributed by atoms with Crippen LogP contribution in [0.15, 0.2) is 83.6 Å². The van der Waals surface area contributed by atoms with E-state index in [1.807, 2.05) is 24.3 Å². The summed E-state index contributed by atoms with van der Waals surface area (Å²) >= 11 is 0. The molecule has 3 aromatic rings. The molecule has 0 aliphatic rings. The molecule has 0 radical (unpaired) electrons. The molecule has 10 heteroatoms. The standard InChI is InChI=1S/C28H30O8S2/c1-3-35-37(29,30)18-16-23-8-12-27(13-9-23)33-21-25-6-5-7-26(20-25)22-34-28-14-10-24(11-15-28)17-19-38(31,32)36-4-2/h5-20H,3-4,21-22H2,1-2H3/b18-16+,19-17+. The van der Waals surface area contributed by atoms with E-state index in [2.05, 4.69) is 8.37 Å². The molecule has 0 amide bonds. The highest BCUT2D eigenvalue weighted by Gasteiger charge is 2.05. The van der Waals surface area contributed by atoms with Crippen molar-refractivity contribution < 1.29 is 34.7 Å². The highest BCUT2D eigenvalue weighted by Crippen LogP contribution is 2.18. The Balaban J connectivity index is 1.51. The molecule has 38 heavy (non-hydrogen) atoms. The molecule has 3 rings (SSSR count). The summed E-state index contributed by atoms with van der Waals surface area (Å²) in [6, 6.07) is 21.9. The van der Waals surface area contributed by atoms with Gasteiger partial charge < -0.3 is 9.47 Å². The minimum atomic E-state index is -3.67. The fraction of sp³-hybridized carbons (Fsp3) is 0.214. The van der Waals surface area contributed by atoms with Gasteiger partial charge in [0.05, 0.1) is 24.0 Å². The summed E-state index contributed by atoms with van der Waals surface area (Å²) in [6.45, 7) is 4.11. The molecular formula is C28H30O8S2. The van der Waals surface area contributed by atoms with E-state index in [9.17, 15) is 16.8 Å². The first-order chi connectivity index (χ1) is 18.2. The maximum atomic E-state index is 11.6. The van der Waals surface area contributed by atoms with Crippen LogP contribution in [0.4, 0.5) is 0 Å². The maximum absolute atomic E-state index is 11.6. The fourth-order valence-corrected chi connectivity index (χ4v) is 4.69. The summed E-state index contributed by atoms with van der Waals surface area (Å²) in [4.78, 5) is 0. The van der Waals surface area contributed by atoms with Gasteiger partial charge >= 0.3 is 0 Å². The average Bonchev–Trinajstić information content (AvgIpc) is 2.90. The predicted molar refractivity (Wildman–Crippen MR) is 147 cm³/mol. The van der Waals surface area contributed by atoms with E-state index >= 15 is 0 Å². The Kier molecular flexibility index (Phi) is 10.7. The smallest absolute Gasteiger partial charge is 0.290 e. The second-order valence-electron chi connectivity index (χ2n) is 7.94. The predicted octanol–water partition coefficient (Wildman–Crippen LogP) is 5.52. The number of benzene rings is 3. The van der Waals surface area contributed by atoms with Crippen molar-refractivity contribution in [3.05, 3.63) is 106 Å². The Morgan fingerprint density at radius 1 is 0.605 bits per heavy atom. The van der Waals surface area contributed by atoms with Crippen LogP contribution >= 0.6 is 0 Å². The van der Waals surface area contributed by atoms with E-state index in [1.165, 1.54) is 12.2 Å².